The Morgan fingerprint density at radius 1 is 1.28 bits per heavy atom. The van der Waals surface area contributed by atoms with Crippen LogP contribution in [-0.2, 0) is 0 Å². The Morgan fingerprint density at radius 2 is 2.10 bits per heavy atom. The van der Waals surface area contributed by atoms with Crippen molar-refractivity contribution in [3.63, 3.8) is 0 Å². The van der Waals surface area contributed by atoms with Gasteiger partial charge in [0.1, 0.15) is 5.75 Å². The molecule has 1 aliphatic heterocycles. The molecule has 148 valence electrons. The van der Waals surface area contributed by atoms with Gasteiger partial charge in [-0.3, -0.25) is 10.1 Å². The van der Waals surface area contributed by atoms with Crippen molar-refractivity contribution in [2.45, 2.75) is 11.4 Å². The highest BCUT2D eigenvalue weighted by Gasteiger charge is 2.29. The first-order valence-corrected chi connectivity index (χ1v) is 10.4. The molecule has 1 aliphatic rings. The summed E-state index contributed by atoms with van der Waals surface area (Å²) in [5.74, 6) is 0.717. The van der Waals surface area contributed by atoms with E-state index in [1.807, 2.05) is 24.5 Å². The Bertz CT molecular complexity index is 1110. The number of benzene rings is 2. The topological polar surface area (TPSA) is 112 Å². The number of rotatable bonds is 4. The van der Waals surface area contributed by atoms with Crippen LogP contribution in [0.1, 0.15) is 11.8 Å². The second kappa shape index (κ2) is 7.84. The smallest absolute Gasteiger partial charge is 0.270 e. The van der Waals surface area contributed by atoms with Crippen molar-refractivity contribution in [2.75, 3.05) is 18.7 Å². The largest absolute Gasteiger partial charge is 0.496 e. The number of methoxy groups -OCH3 is 1. The predicted molar refractivity (Wildman–Crippen MR) is 111 cm³/mol. The van der Waals surface area contributed by atoms with Gasteiger partial charge in [-0.2, -0.15) is 4.98 Å². The minimum absolute atomic E-state index is 0.0719. The number of nitrogens with one attached hydrogen (secondary N) is 1. The maximum atomic E-state index is 11.3. The van der Waals surface area contributed by atoms with Crippen LogP contribution >= 0.6 is 27.7 Å². The van der Waals surface area contributed by atoms with Crippen LogP contribution in [0.3, 0.4) is 0 Å². The van der Waals surface area contributed by atoms with Crippen LogP contribution in [0, 0.1) is 10.1 Å². The number of ether oxygens (including phenoxy) is 2. The van der Waals surface area contributed by atoms with Gasteiger partial charge in [0.15, 0.2) is 5.69 Å². The highest BCUT2D eigenvalue weighted by molar-refractivity contribution is 9.10. The normalized spacial score (nSPS) is 14.7. The molecule has 0 radical (unpaired) electrons. The van der Waals surface area contributed by atoms with Crippen LogP contribution in [-0.4, -0.2) is 33.5 Å². The maximum absolute atomic E-state index is 11.3. The second-order valence-electron chi connectivity index (χ2n) is 5.97. The third kappa shape index (κ3) is 3.70. The lowest BCUT2D eigenvalue weighted by Crippen LogP contribution is -2.18. The number of hydrogen-bond acceptors (Lipinski definition) is 9. The molecule has 9 nitrogen and oxygen atoms in total. The molecule has 1 atom stereocenters. The number of halogens is 1. The number of nitrogens with zero attached hydrogens (tertiary/aromatic N) is 4. The Labute approximate surface area is 178 Å². The molecule has 3 aromatic rings. The molecule has 0 aliphatic carbocycles. The van der Waals surface area contributed by atoms with E-state index in [9.17, 15) is 10.1 Å². The highest BCUT2D eigenvalue weighted by atomic mass is 79.9. The molecule has 0 unspecified atom stereocenters. The van der Waals surface area contributed by atoms with E-state index >= 15 is 0 Å². The SMILES string of the molecule is COc1ccc([N+](=O)[O-])cc1[C@@H]1Nc2ccc(Br)cc2-c2nnc(SC)nc2O1. The van der Waals surface area contributed by atoms with Gasteiger partial charge in [-0.1, -0.05) is 27.7 Å². The molecule has 2 heterocycles. The van der Waals surface area contributed by atoms with Crippen LogP contribution < -0.4 is 14.8 Å². The molecule has 2 aromatic carbocycles. The summed E-state index contributed by atoms with van der Waals surface area (Å²) >= 11 is 4.80. The number of non-ortho nitro benzene ring substituents is 1. The van der Waals surface area contributed by atoms with Gasteiger partial charge in [0.2, 0.25) is 17.3 Å². The number of hydrogen-bond donors (Lipinski definition) is 1. The van der Waals surface area contributed by atoms with Crippen LogP contribution in [0.4, 0.5) is 11.4 Å². The van der Waals surface area contributed by atoms with Crippen molar-refractivity contribution < 1.29 is 14.4 Å². The van der Waals surface area contributed by atoms with Crippen LogP contribution in [0.15, 0.2) is 46.0 Å². The maximum Gasteiger partial charge on any atom is 0.270 e. The monoisotopic (exact) mass is 475 g/mol. The first-order chi connectivity index (χ1) is 14.0. The molecule has 0 fully saturated rings. The fraction of sp³-hybridized carbons (Fsp3) is 0.167. The van der Waals surface area contributed by atoms with Gasteiger partial charge in [0.25, 0.3) is 5.69 Å². The summed E-state index contributed by atoms with van der Waals surface area (Å²) in [7, 11) is 1.50. The number of fused-ring (bicyclic) bond motifs is 3. The molecule has 1 N–H and O–H groups in total. The third-order valence-electron chi connectivity index (χ3n) is 4.28. The zero-order valence-corrected chi connectivity index (χ0v) is 17.7. The second-order valence-corrected chi connectivity index (χ2v) is 7.66. The summed E-state index contributed by atoms with van der Waals surface area (Å²) < 4.78 is 12.4. The molecule has 0 spiro atoms. The third-order valence-corrected chi connectivity index (χ3v) is 5.31. The lowest BCUT2D eigenvalue weighted by atomic mass is 10.1. The van der Waals surface area contributed by atoms with Crippen molar-refractivity contribution in [1.29, 1.82) is 0 Å². The summed E-state index contributed by atoms with van der Waals surface area (Å²) in [6.45, 7) is 0. The van der Waals surface area contributed by atoms with E-state index in [0.29, 0.717) is 22.2 Å². The Kier molecular flexibility index (Phi) is 5.24. The fourth-order valence-electron chi connectivity index (χ4n) is 2.94. The minimum atomic E-state index is -0.794. The summed E-state index contributed by atoms with van der Waals surface area (Å²) in [4.78, 5) is 15.3. The van der Waals surface area contributed by atoms with E-state index < -0.39 is 11.2 Å². The van der Waals surface area contributed by atoms with Gasteiger partial charge in [-0.05, 0) is 30.5 Å². The molecule has 0 saturated heterocycles. The molecule has 1 aromatic heterocycles. The van der Waals surface area contributed by atoms with E-state index in [0.717, 1.165) is 15.7 Å². The summed E-state index contributed by atoms with van der Waals surface area (Å²) in [6, 6.07) is 9.96. The molecule has 4 rings (SSSR count). The molecular formula is C18H14BrN5O4S. The number of anilines is 1. The van der Waals surface area contributed by atoms with E-state index in [4.69, 9.17) is 9.47 Å². The average Bonchev–Trinajstić information content (AvgIpc) is 2.89. The number of nitro groups is 1. The predicted octanol–water partition coefficient (Wildman–Crippen LogP) is 4.44. The summed E-state index contributed by atoms with van der Waals surface area (Å²) in [5, 5.41) is 23.4. The van der Waals surface area contributed by atoms with Gasteiger partial charge in [0.05, 0.1) is 17.6 Å². The van der Waals surface area contributed by atoms with E-state index in [1.54, 1.807) is 6.07 Å². The van der Waals surface area contributed by atoms with Crippen LogP contribution in [0.2, 0.25) is 0 Å². The van der Waals surface area contributed by atoms with Crippen molar-refractivity contribution in [1.82, 2.24) is 15.2 Å². The first kappa shape index (κ1) is 19.4. The lowest BCUT2D eigenvalue weighted by Gasteiger charge is -2.21. The summed E-state index contributed by atoms with van der Waals surface area (Å²) in [6.07, 6.45) is 1.04. The van der Waals surface area contributed by atoms with Crippen molar-refractivity contribution in [3.8, 4) is 22.9 Å². The van der Waals surface area contributed by atoms with Gasteiger partial charge >= 0.3 is 0 Å². The van der Waals surface area contributed by atoms with Gasteiger partial charge in [-0.15, -0.1) is 10.2 Å². The zero-order chi connectivity index (χ0) is 20.5. The Morgan fingerprint density at radius 3 is 2.83 bits per heavy atom. The number of nitro benzene ring substituents is 1. The first-order valence-electron chi connectivity index (χ1n) is 8.34. The fourth-order valence-corrected chi connectivity index (χ4v) is 3.60. The van der Waals surface area contributed by atoms with E-state index in [-0.39, 0.29) is 11.6 Å². The minimum Gasteiger partial charge on any atom is -0.496 e. The highest BCUT2D eigenvalue weighted by Crippen LogP contribution is 2.42. The molecule has 0 saturated carbocycles. The Balaban J connectivity index is 1.90. The zero-order valence-electron chi connectivity index (χ0n) is 15.2. The van der Waals surface area contributed by atoms with E-state index in [2.05, 4.69) is 36.4 Å². The lowest BCUT2D eigenvalue weighted by molar-refractivity contribution is -0.385. The molecular weight excluding hydrogens is 462 g/mol. The van der Waals surface area contributed by atoms with Crippen LogP contribution in [0.25, 0.3) is 11.3 Å². The number of thioether (sulfide) groups is 1. The Hall–Kier alpha value is -2.92. The summed E-state index contributed by atoms with van der Waals surface area (Å²) in [5.41, 5.74) is 2.33. The molecule has 0 bridgehead atoms. The molecule has 0 amide bonds. The number of aromatic nitrogens is 3. The van der Waals surface area contributed by atoms with E-state index in [1.165, 1.54) is 31.0 Å². The standard InChI is InChI=1S/C18H14BrN5O4S/c1-27-14-6-4-10(24(25)26)8-12(14)16-20-13-5-3-9(19)7-11(13)15-17(28-16)21-18(29-2)23-22-15/h3-8,16,20H,1-2H3/t16-/m1/s1. The van der Waals surface area contributed by atoms with Gasteiger partial charge in [0, 0.05) is 27.9 Å². The van der Waals surface area contributed by atoms with Crippen LogP contribution in [0.5, 0.6) is 11.6 Å². The van der Waals surface area contributed by atoms with Crippen molar-refractivity contribution >= 4 is 39.1 Å². The van der Waals surface area contributed by atoms with Crippen molar-refractivity contribution in [2.24, 2.45) is 0 Å². The molecule has 11 heteroatoms. The average molecular weight is 476 g/mol. The van der Waals surface area contributed by atoms with Gasteiger partial charge < -0.3 is 14.8 Å². The molecule has 29 heavy (non-hydrogen) atoms. The quantitative estimate of drug-likeness (QED) is 0.332. The van der Waals surface area contributed by atoms with Crippen molar-refractivity contribution in [3.05, 3.63) is 56.5 Å². The van der Waals surface area contributed by atoms with Gasteiger partial charge in [-0.25, -0.2) is 0 Å².